The molecule has 0 spiro atoms. The molecule has 0 radical (unpaired) electrons. The number of methoxy groups -OCH3 is 1. The number of carbonyl (C=O) groups is 2. The second-order valence-electron chi connectivity index (χ2n) is 4.88. The van der Waals surface area contributed by atoms with Crippen molar-refractivity contribution in [1.29, 1.82) is 0 Å². The molecule has 2 N–H and O–H groups in total. The summed E-state index contributed by atoms with van der Waals surface area (Å²) < 4.78 is 4.81. The lowest BCUT2D eigenvalue weighted by Gasteiger charge is -2.37. The molecule has 0 saturated heterocycles. The number of carbonyl (C=O) groups excluding carboxylic acids is 1. The maximum Gasteiger partial charge on any atom is 0.329 e. The fourth-order valence-corrected chi connectivity index (χ4v) is 2.44. The van der Waals surface area contributed by atoms with Crippen molar-refractivity contribution in [1.82, 2.24) is 5.32 Å². The zero-order valence-corrected chi connectivity index (χ0v) is 10.5. The lowest BCUT2D eigenvalue weighted by atomic mass is 9.76. The van der Waals surface area contributed by atoms with E-state index in [9.17, 15) is 14.7 Å². The molecule has 1 amide bonds. The number of rotatable bonds is 5. The molecular weight excluding hydrogens is 222 g/mol. The van der Waals surface area contributed by atoms with Gasteiger partial charge in [0.1, 0.15) is 5.54 Å². The number of amides is 1. The van der Waals surface area contributed by atoms with E-state index in [1.807, 2.05) is 6.92 Å². The summed E-state index contributed by atoms with van der Waals surface area (Å²) in [5.41, 5.74) is -1.07. The van der Waals surface area contributed by atoms with Crippen LogP contribution in [0.3, 0.4) is 0 Å². The van der Waals surface area contributed by atoms with Crippen molar-refractivity contribution in [3.8, 4) is 0 Å². The minimum absolute atomic E-state index is 0.208. The van der Waals surface area contributed by atoms with Crippen LogP contribution in [0.5, 0.6) is 0 Å². The predicted octanol–water partition coefficient (Wildman–Crippen LogP) is 1.17. The highest BCUT2D eigenvalue weighted by molar-refractivity contribution is 5.87. The fraction of sp³-hybridized carbons (Fsp3) is 0.833. The largest absolute Gasteiger partial charge is 0.480 e. The highest BCUT2D eigenvalue weighted by Gasteiger charge is 2.42. The predicted molar refractivity (Wildman–Crippen MR) is 62.6 cm³/mol. The molecule has 0 bridgehead atoms. The molecule has 1 rings (SSSR count). The average molecular weight is 243 g/mol. The fourth-order valence-electron chi connectivity index (χ4n) is 2.44. The van der Waals surface area contributed by atoms with Crippen molar-refractivity contribution < 1.29 is 19.4 Å². The van der Waals surface area contributed by atoms with Crippen LogP contribution in [0.25, 0.3) is 0 Å². The van der Waals surface area contributed by atoms with Gasteiger partial charge in [0.2, 0.25) is 5.91 Å². The third-order valence-electron chi connectivity index (χ3n) is 3.32. The molecule has 2 atom stereocenters. The van der Waals surface area contributed by atoms with E-state index in [-0.39, 0.29) is 12.3 Å². The van der Waals surface area contributed by atoms with Gasteiger partial charge >= 0.3 is 5.97 Å². The average Bonchev–Trinajstić information content (AvgIpc) is 2.26. The van der Waals surface area contributed by atoms with Crippen LogP contribution in [-0.2, 0) is 14.3 Å². The zero-order chi connectivity index (χ0) is 12.9. The van der Waals surface area contributed by atoms with Crippen molar-refractivity contribution in [2.45, 2.75) is 44.6 Å². The summed E-state index contributed by atoms with van der Waals surface area (Å²) in [5.74, 6) is -0.833. The summed E-state index contributed by atoms with van der Waals surface area (Å²) in [4.78, 5) is 23.0. The van der Waals surface area contributed by atoms with Gasteiger partial charge in [0.05, 0.1) is 6.61 Å². The Morgan fingerprint density at radius 2 is 2.24 bits per heavy atom. The second kappa shape index (κ2) is 6.00. The van der Waals surface area contributed by atoms with E-state index in [1.165, 1.54) is 7.11 Å². The number of aliphatic carboxylic acids is 1. The number of nitrogens with one attached hydrogen (secondary N) is 1. The Balaban J connectivity index is 2.65. The van der Waals surface area contributed by atoms with E-state index >= 15 is 0 Å². The minimum Gasteiger partial charge on any atom is -0.480 e. The molecule has 0 heterocycles. The van der Waals surface area contributed by atoms with E-state index in [2.05, 4.69) is 5.32 Å². The van der Waals surface area contributed by atoms with Gasteiger partial charge in [-0.3, -0.25) is 4.79 Å². The van der Waals surface area contributed by atoms with Crippen molar-refractivity contribution in [2.24, 2.45) is 5.92 Å². The Hall–Kier alpha value is -1.10. The third kappa shape index (κ3) is 3.70. The Labute approximate surface area is 102 Å². The number of ether oxygens (including phenoxy) is 1. The molecule has 17 heavy (non-hydrogen) atoms. The first kappa shape index (κ1) is 14.0. The Morgan fingerprint density at radius 3 is 2.76 bits per heavy atom. The zero-order valence-electron chi connectivity index (χ0n) is 10.5. The molecule has 0 aromatic heterocycles. The highest BCUT2D eigenvalue weighted by atomic mass is 16.5. The summed E-state index contributed by atoms with van der Waals surface area (Å²) in [5, 5.41) is 12.0. The highest BCUT2D eigenvalue weighted by Crippen LogP contribution is 2.32. The Morgan fingerprint density at radius 1 is 1.53 bits per heavy atom. The van der Waals surface area contributed by atoms with Gasteiger partial charge in [-0.15, -0.1) is 0 Å². The van der Waals surface area contributed by atoms with E-state index in [1.54, 1.807) is 0 Å². The van der Waals surface area contributed by atoms with Crippen LogP contribution >= 0.6 is 0 Å². The van der Waals surface area contributed by atoms with Gasteiger partial charge in [0.15, 0.2) is 0 Å². The second-order valence-corrected chi connectivity index (χ2v) is 4.88. The molecule has 5 nitrogen and oxygen atoms in total. The van der Waals surface area contributed by atoms with Gasteiger partial charge in [-0.2, -0.15) is 0 Å². The molecule has 5 heteroatoms. The first-order valence-electron chi connectivity index (χ1n) is 6.03. The summed E-state index contributed by atoms with van der Waals surface area (Å²) >= 11 is 0. The minimum atomic E-state index is -1.07. The molecule has 1 aliphatic rings. The molecule has 0 aromatic rings. The maximum atomic E-state index is 11.6. The first-order chi connectivity index (χ1) is 8.00. The smallest absolute Gasteiger partial charge is 0.329 e. The molecule has 1 aliphatic carbocycles. The van der Waals surface area contributed by atoms with Crippen molar-refractivity contribution in [3.63, 3.8) is 0 Å². The lowest BCUT2D eigenvalue weighted by Crippen LogP contribution is -2.56. The molecule has 1 fully saturated rings. The van der Waals surface area contributed by atoms with Crippen LogP contribution < -0.4 is 5.32 Å². The van der Waals surface area contributed by atoms with E-state index in [0.29, 0.717) is 25.4 Å². The standard InChI is InChI=1S/C12H21NO4/c1-9-4-3-6-12(8-9,11(15)16)13-10(14)5-7-17-2/h9H,3-8H2,1-2H3,(H,13,14)(H,15,16). The van der Waals surface area contributed by atoms with E-state index < -0.39 is 11.5 Å². The van der Waals surface area contributed by atoms with Crippen LogP contribution in [0.1, 0.15) is 39.0 Å². The third-order valence-corrected chi connectivity index (χ3v) is 3.32. The van der Waals surface area contributed by atoms with Gasteiger partial charge < -0.3 is 15.2 Å². The lowest BCUT2D eigenvalue weighted by molar-refractivity contribution is -0.150. The van der Waals surface area contributed by atoms with Crippen molar-refractivity contribution in [2.75, 3.05) is 13.7 Å². The van der Waals surface area contributed by atoms with Crippen LogP contribution in [0.4, 0.5) is 0 Å². The topological polar surface area (TPSA) is 75.6 Å². The number of carboxylic acid groups (broad SMARTS) is 1. The maximum absolute atomic E-state index is 11.6. The summed E-state index contributed by atoms with van der Waals surface area (Å²) in [7, 11) is 1.52. The number of carboxylic acids is 1. The summed E-state index contributed by atoms with van der Waals surface area (Å²) in [6.45, 7) is 2.34. The van der Waals surface area contributed by atoms with Crippen LogP contribution in [0.2, 0.25) is 0 Å². The molecule has 2 unspecified atom stereocenters. The molecule has 0 aliphatic heterocycles. The van der Waals surface area contributed by atoms with Gasteiger partial charge in [-0.1, -0.05) is 19.8 Å². The van der Waals surface area contributed by atoms with Gasteiger partial charge in [-0.05, 0) is 18.8 Å². The molecule has 1 saturated carbocycles. The van der Waals surface area contributed by atoms with E-state index in [4.69, 9.17) is 4.74 Å². The number of hydrogen-bond donors (Lipinski definition) is 2. The monoisotopic (exact) mass is 243 g/mol. The Kier molecular flexibility index (Phi) is 4.93. The van der Waals surface area contributed by atoms with Gasteiger partial charge in [0.25, 0.3) is 0 Å². The van der Waals surface area contributed by atoms with Crippen molar-refractivity contribution in [3.05, 3.63) is 0 Å². The molecule has 0 aromatic carbocycles. The number of hydrogen-bond acceptors (Lipinski definition) is 3. The van der Waals surface area contributed by atoms with Crippen LogP contribution in [0.15, 0.2) is 0 Å². The van der Waals surface area contributed by atoms with Gasteiger partial charge in [-0.25, -0.2) is 4.79 Å². The van der Waals surface area contributed by atoms with Crippen molar-refractivity contribution >= 4 is 11.9 Å². The van der Waals surface area contributed by atoms with Crippen LogP contribution in [-0.4, -0.2) is 36.2 Å². The van der Waals surface area contributed by atoms with Crippen LogP contribution in [0, 0.1) is 5.92 Å². The molecule has 98 valence electrons. The van der Waals surface area contributed by atoms with E-state index in [0.717, 1.165) is 12.8 Å². The molecular formula is C12H21NO4. The SMILES string of the molecule is COCCC(=O)NC1(C(=O)O)CCCC(C)C1. The Bertz CT molecular complexity index is 292. The van der Waals surface area contributed by atoms with Gasteiger partial charge in [0, 0.05) is 13.5 Å². The summed E-state index contributed by atoms with van der Waals surface area (Å²) in [6, 6.07) is 0. The normalized spacial score (nSPS) is 28.7. The summed E-state index contributed by atoms with van der Waals surface area (Å²) in [6.07, 6.45) is 3.12. The quantitative estimate of drug-likeness (QED) is 0.760. The first-order valence-corrected chi connectivity index (χ1v) is 6.03.